The Bertz CT molecular complexity index is 856. The molecule has 0 aromatic heterocycles. The maximum Gasteiger partial charge on any atom is 0.258 e. The summed E-state index contributed by atoms with van der Waals surface area (Å²) < 4.78 is 5.66. The molecular formula is C22H23NO2. The van der Waals surface area contributed by atoms with E-state index in [0.29, 0.717) is 5.75 Å². The fourth-order valence-corrected chi connectivity index (χ4v) is 2.97. The number of ether oxygens (including phenoxy) is 1. The molecule has 1 N–H and O–H groups in total. The summed E-state index contributed by atoms with van der Waals surface area (Å²) in [6.07, 6.45) is 0.773. The molecule has 3 heteroatoms. The quantitative estimate of drug-likeness (QED) is 0.728. The van der Waals surface area contributed by atoms with Crippen molar-refractivity contribution in [3.8, 4) is 5.75 Å². The largest absolute Gasteiger partial charge is 0.484 e. The van der Waals surface area contributed by atoms with E-state index >= 15 is 0 Å². The summed E-state index contributed by atoms with van der Waals surface area (Å²) in [4.78, 5) is 12.2. The second kappa shape index (κ2) is 7.39. The Kier molecular flexibility index (Phi) is 5.03. The monoisotopic (exact) mass is 333 g/mol. The first-order chi connectivity index (χ1) is 12.0. The van der Waals surface area contributed by atoms with Crippen molar-refractivity contribution >= 4 is 16.7 Å². The molecule has 0 unspecified atom stereocenters. The average molecular weight is 333 g/mol. The Hall–Kier alpha value is -2.81. The molecule has 0 bridgehead atoms. The molecule has 0 spiro atoms. The second-order valence-electron chi connectivity index (χ2n) is 6.89. The van der Waals surface area contributed by atoms with E-state index in [9.17, 15) is 4.79 Å². The Labute approximate surface area is 148 Å². The van der Waals surface area contributed by atoms with Crippen LogP contribution >= 0.6 is 0 Å². The Morgan fingerprint density at radius 2 is 1.60 bits per heavy atom. The van der Waals surface area contributed by atoms with Crippen molar-refractivity contribution in [3.63, 3.8) is 0 Å². The van der Waals surface area contributed by atoms with Crippen LogP contribution < -0.4 is 10.1 Å². The predicted molar refractivity (Wildman–Crippen MR) is 102 cm³/mol. The normalized spacial score (nSPS) is 11.3. The van der Waals surface area contributed by atoms with Gasteiger partial charge in [0.25, 0.3) is 5.91 Å². The predicted octanol–water partition coefficient (Wildman–Crippen LogP) is 4.36. The molecule has 0 atom stereocenters. The highest BCUT2D eigenvalue weighted by atomic mass is 16.5. The Balaban J connectivity index is 1.56. The standard InChI is InChI=1S/C22H23NO2/c1-22(2,15-17-8-4-3-5-9-17)23-21(24)16-25-20-13-12-18-10-6-7-11-19(18)14-20/h3-14H,15-16H2,1-2H3,(H,23,24). The van der Waals surface area contributed by atoms with E-state index in [4.69, 9.17) is 4.74 Å². The van der Waals surface area contributed by atoms with Crippen molar-refractivity contribution in [1.82, 2.24) is 5.32 Å². The van der Waals surface area contributed by atoms with Gasteiger partial charge in [0.05, 0.1) is 0 Å². The molecule has 3 aromatic rings. The summed E-state index contributed by atoms with van der Waals surface area (Å²) in [5.74, 6) is 0.587. The molecule has 0 saturated carbocycles. The molecule has 0 fully saturated rings. The number of nitrogens with one attached hydrogen (secondary N) is 1. The first kappa shape index (κ1) is 17.0. The minimum absolute atomic E-state index is 0.0105. The van der Waals surface area contributed by atoms with Crippen molar-refractivity contribution < 1.29 is 9.53 Å². The minimum atomic E-state index is -0.328. The van der Waals surface area contributed by atoms with Crippen molar-refractivity contribution in [3.05, 3.63) is 78.4 Å². The molecular weight excluding hydrogens is 310 g/mol. The highest BCUT2D eigenvalue weighted by Gasteiger charge is 2.21. The van der Waals surface area contributed by atoms with Crippen molar-refractivity contribution in [2.45, 2.75) is 25.8 Å². The molecule has 25 heavy (non-hydrogen) atoms. The lowest BCUT2D eigenvalue weighted by molar-refractivity contribution is -0.124. The molecule has 1 amide bonds. The van der Waals surface area contributed by atoms with Gasteiger partial charge in [-0.3, -0.25) is 4.79 Å². The maximum absolute atomic E-state index is 12.2. The van der Waals surface area contributed by atoms with Crippen LogP contribution in [0.15, 0.2) is 72.8 Å². The van der Waals surface area contributed by atoms with E-state index in [1.807, 2.05) is 68.4 Å². The minimum Gasteiger partial charge on any atom is -0.484 e. The van der Waals surface area contributed by atoms with Crippen molar-refractivity contribution in [2.24, 2.45) is 0 Å². The zero-order valence-corrected chi connectivity index (χ0v) is 14.7. The molecule has 0 saturated heterocycles. The number of fused-ring (bicyclic) bond motifs is 1. The SMILES string of the molecule is CC(C)(Cc1ccccc1)NC(=O)COc1ccc2ccccc2c1. The Morgan fingerprint density at radius 3 is 2.36 bits per heavy atom. The fourth-order valence-electron chi connectivity index (χ4n) is 2.97. The molecule has 0 aliphatic rings. The lowest BCUT2D eigenvalue weighted by Gasteiger charge is -2.26. The van der Waals surface area contributed by atoms with Gasteiger partial charge in [-0.1, -0.05) is 60.7 Å². The van der Waals surface area contributed by atoms with E-state index in [2.05, 4.69) is 23.5 Å². The molecule has 0 aliphatic carbocycles. The van der Waals surface area contributed by atoms with E-state index < -0.39 is 0 Å². The van der Waals surface area contributed by atoms with Gasteiger partial charge in [0.1, 0.15) is 5.75 Å². The van der Waals surface area contributed by atoms with Gasteiger partial charge in [-0.2, -0.15) is 0 Å². The van der Waals surface area contributed by atoms with Gasteiger partial charge in [0, 0.05) is 5.54 Å². The van der Waals surface area contributed by atoms with Crippen LogP contribution in [-0.2, 0) is 11.2 Å². The number of rotatable bonds is 6. The third kappa shape index (κ3) is 4.83. The summed E-state index contributed by atoms with van der Waals surface area (Å²) >= 11 is 0. The lowest BCUT2D eigenvalue weighted by Crippen LogP contribution is -2.47. The van der Waals surface area contributed by atoms with Crippen LogP contribution in [0.5, 0.6) is 5.75 Å². The van der Waals surface area contributed by atoms with E-state index in [0.717, 1.165) is 17.2 Å². The highest BCUT2D eigenvalue weighted by Crippen LogP contribution is 2.20. The van der Waals surface area contributed by atoms with Crippen LogP contribution in [0.3, 0.4) is 0 Å². The number of amides is 1. The molecule has 128 valence electrons. The number of hydrogen-bond acceptors (Lipinski definition) is 2. The molecule has 0 aliphatic heterocycles. The summed E-state index contributed by atoms with van der Waals surface area (Å²) in [6.45, 7) is 4.05. The van der Waals surface area contributed by atoms with E-state index in [-0.39, 0.29) is 18.1 Å². The van der Waals surface area contributed by atoms with Crippen molar-refractivity contribution in [1.29, 1.82) is 0 Å². The van der Waals surface area contributed by atoms with E-state index in [1.54, 1.807) is 0 Å². The van der Waals surface area contributed by atoms with Gasteiger partial charge < -0.3 is 10.1 Å². The van der Waals surface area contributed by atoms with Crippen LogP contribution in [-0.4, -0.2) is 18.1 Å². The molecule has 3 nitrogen and oxygen atoms in total. The van der Waals surface area contributed by atoms with Gasteiger partial charge in [0.2, 0.25) is 0 Å². The summed E-state index contributed by atoms with van der Waals surface area (Å²) in [6, 6.07) is 24.1. The third-order valence-electron chi connectivity index (χ3n) is 4.06. The first-order valence-electron chi connectivity index (χ1n) is 8.48. The van der Waals surface area contributed by atoms with E-state index in [1.165, 1.54) is 5.56 Å². The number of carbonyl (C=O) groups excluding carboxylic acids is 1. The van der Waals surface area contributed by atoms with Crippen LogP contribution in [0.4, 0.5) is 0 Å². The molecule has 3 aromatic carbocycles. The second-order valence-corrected chi connectivity index (χ2v) is 6.89. The molecule has 0 radical (unpaired) electrons. The first-order valence-corrected chi connectivity index (χ1v) is 8.48. The van der Waals surface area contributed by atoms with Gasteiger partial charge >= 0.3 is 0 Å². The Morgan fingerprint density at radius 1 is 0.920 bits per heavy atom. The van der Waals surface area contributed by atoms with Crippen molar-refractivity contribution in [2.75, 3.05) is 6.61 Å². The number of hydrogen-bond donors (Lipinski definition) is 1. The third-order valence-corrected chi connectivity index (χ3v) is 4.06. The van der Waals surface area contributed by atoms with Crippen LogP contribution in [0.25, 0.3) is 10.8 Å². The smallest absolute Gasteiger partial charge is 0.258 e. The topological polar surface area (TPSA) is 38.3 Å². The number of benzene rings is 3. The number of carbonyl (C=O) groups is 1. The maximum atomic E-state index is 12.2. The van der Waals surface area contributed by atoms with Gasteiger partial charge in [-0.05, 0) is 48.7 Å². The lowest BCUT2D eigenvalue weighted by atomic mass is 9.95. The summed E-state index contributed by atoms with van der Waals surface area (Å²) in [5, 5.41) is 5.31. The van der Waals surface area contributed by atoms with Gasteiger partial charge in [-0.25, -0.2) is 0 Å². The fraction of sp³-hybridized carbons (Fsp3) is 0.227. The summed E-state index contributed by atoms with van der Waals surface area (Å²) in [5.41, 5.74) is 0.869. The zero-order valence-electron chi connectivity index (χ0n) is 14.7. The van der Waals surface area contributed by atoms with Crippen LogP contribution in [0, 0.1) is 0 Å². The zero-order chi connectivity index (χ0) is 17.7. The highest BCUT2D eigenvalue weighted by molar-refractivity contribution is 5.84. The van der Waals surface area contributed by atoms with Gasteiger partial charge in [-0.15, -0.1) is 0 Å². The van der Waals surface area contributed by atoms with Gasteiger partial charge in [0.15, 0.2) is 6.61 Å². The van der Waals surface area contributed by atoms with Crippen LogP contribution in [0.1, 0.15) is 19.4 Å². The molecule has 3 rings (SSSR count). The average Bonchev–Trinajstić information content (AvgIpc) is 2.60. The van der Waals surface area contributed by atoms with Crippen LogP contribution in [0.2, 0.25) is 0 Å². The molecule has 0 heterocycles. The summed E-state index contributed by atoms with van der Waals surface area (Å²) in [7, 11) is 0.